The maximum Gasteiger partial charge on any atom is 0.259 e. The van der Waals surface area contributed by atoms with Crippen LogP contribution in [0.4, 0.5) is 0 Å². The highest BCUT2D eigenvalue weighted by atomic mass is 16.2. The van der Waals surface area contributed by atoms with Crippen LogP contribution in [0.2, 0.25) is 0 Å². The van der Waals surface area contributed by atoms with Gasteiger partial charge in [0.2, 0.25) is 11.8 Å². The number of hydrogen-bond donors (Lipinski definition) is 1. The SMILES string of the molecule is C=C1c2ccccc2C(=O)N1CC(=O)N(C)CC(=O)NC(C)(C)C. The van der Waals surface area contributed by atoms with E-state index in [0.717, 1.165) is 5.56 Å². The molecule has 6 heteroatoms. The zero-order valence-electron chi connectivity index (χ0n) is 14.5. The number of benzene rings is 1. The van der Waals surface area contributed by atoms with Crippen LogP contribution in [-0.2, 0) is 9.59 Å². The number of hydrogen-bond acceptors (Lipinski definition) is 3. The van der Waals surface area contributed by atoms with Gasteiger partial charge in [0.15, 0.2) is 0 Å². The maximum absolute atomic E-state index is 12.4. The molecular formula is C18H23N3O3. The van der Waals surface area contributed by atoms with Crippen LogP contribution < -0.4 is 5.32 Å². The van der Waals surface area contributed by atoms with Gasteiger partial charge in [-0.2, -0.15) is 0 Å². The minimum absolute atomic E-state index is 0.0580. The van der Waals surface area contributed by atoms with Gasteiger partial charge in [0.1, 0.15) is 6.54 Å². The number of likely N-dealkylation sites (N-methyl/N-ethyl adjacent to an activating group) is 1. The predicted molar refractivity (Wildman–Crippen MR) is 92.0 cm³/mol. The largest absolute Gasteiger partial charge is 0.350 e. The van der Waals surface area contributed by atoms with Crippen molar-refractivity contribution in [2.75, 3.05) is 20.1 Å². The van der Waals surface area contributed by atoms with E-state index in [1.807, 2.05) is 26.8 Å². The van der Waals surface area contributed by atoms with Crippen molar-refractivity contribution < 1.29 is 14.4 Å². The first-order chi connectivity index (χ1) is 11.1. The highest BCUT2D eigenvalue weighted by Gasteiger charge is 2.32. The molecule has 0 aromatic heterocycles. The van der Waals surface area contributed by atoms with Gasteiger partial charge in [-0.25, -0.2) is 0 Å². The van der Waals surface area contributed by atoms with E-state index >= 15 is 0 Å². The third-order valence-corrected chi connectivity index (χ3v) is 3.65. The molecule has 0 spiro atoms. The molecule has 1 heterocycles. The smallest absolute Gasteiger partial charge is 0.259 e. The van der Waals surface area contributed by atoms with E-state index in [4.69, 9.17) is 0 Å². The molecule has 0 unspecified atom stereocenters. The summed E-state index contributed by atoms with van der Waals surface area (Å²) < 4.78 is 0. The van der Waals surface area contributed by atoms with E-state index in [1.54, 1.807) is 25.2 Å². The second kappa shape index (κ2) is 6.47. The Hall–Kier alpha value is -2.63. The molecule has 1 aromatic rings. The molecule has 0 radical (unpaired) electrons. The summed E-state index contributed by atoms with van der Waals surface area (Å²) in [6, 6.07) is 7.12. The summed E-state index contributed by atoms with van der Waals surface area (Å²) in [5.41, 5.74) is 1.44. The van der Waals surface area contributed by atoms with Crippen LogP contribution in [0.25, 0.3) is 5.70 Å². The van der Waals surface area contributed by atoms with Gasteiger partial charge in [-0.05, 0) is 26.8 Å². The Balaban J connectivity index is 1.99. The van der Waals surface area contributed by atoms with Gasteiger partial charge in [-0.15, -0.1) is 0 Å². The van der Waals surface area contributed by atoms with Crippen LogP contribution in [0.15, 0.2) is 30.8 Å². The molecule has 1 aromatic carbocycles. The monoisotopic (exact) mass is 329 g/mol. The van der Waals surface area contributed by atoms with Crippen molar-refractivity contribution in [1.82, 2.24) is 15.1 Å². The molecule has 24 heavy (non-hydrogen) atoms. The number of nitrogens with one attached hydrogen (secondary N) is 1. The zero-order chi connectivity index (χ0) is 18.1. The third kappa shape index (κ3) is 3.82. The number of carbonyl (C=O) groups is 3. The minimum Gasteiger partial charge on any atom is -0.350 e. The minimum atomic E-state index is -0.359. The molecule has 2 rings (SSSR count). The predicted octanol–water partition coefficient (Wildman–Crippen LogP) is 1.49. The standard InChI is InChI=1S/C18H23N3O3/c1-12-13-8-6-7-9-14(13)17(24)21(12)11-16(23)20(5)10-15(22)19-18(2,3)4/h6-9H,1,10-11H2,2-5H3,(H,19,22). The number of fused-ring (bicyclic) bond motifs is 1. The van der Waals surface area contributed by atoms with E-state index in [0.29, 0.717) is 11.3 Å². The maximum atomic E-state index is 12.4. The number of carbonyl (C=O) groups excluding carboxylic acids is 3. The molecule has 1 N–H and O–H groups in total. The van der Waals surface area contributed by atoms with Gasteiger partial charge in [0.05, 0.1) is 6.54 Å². The van der Waals surface area contributed by atoms with Crippen molar-refractivity contribution in [3.8, 4) is 0 Å². The van der Waals surface area contributed by atoms with E-state index in [1.165, 1.54) is 9.80 Å². The first-order valence-corrected chi connectivity index (χ1v) is 7.75. The van der Waals surface area contributed by atoms with Crippen LogP contribution in [0.1, 0.15) is 36.7 Å². The number of rotatable bonds is 4. The Labute approximate surface area is 142 Å². The van der Waals surface area contributed by atoms with Crippen molar-refractivity contribution >= 4 is 23.4 Å². The van der Waals surface area contributed by atoms with Crippen LogP contribution in [0, 0.1) is 0 Å². The molecule has 3 amide bonds. The van der Waals surface area contributed by atoms with Gasteiger partial charge >= 0.3 is 0 Å². The fraction of sp³-hybridized carbons (Fsp3) is 0.389. The molecule has 0 fully saturated rings. The second-order valence-electron chi connectivity index (χ2n) is 6.93. The molecule has 0 bridgehead atoms. The Bertz CT molecular complexity index is 669. The molecule has 0 aliphatic carbocycles. The van der Waals surface area contributed by atoms with Gasteiger partial charge in [0.25, 0.3) is 5.91 Å². The lowest BCUT2D eigenvalue weighted by Crippen LogP contribution is -2.47. The summed E-state index contributed by atoms with van der Waals surface area (Å²) in [4.78, 5) is 39.3. The third-order valence-electron chi connectivity index (χ3n) is 3.65. The normalized spacial score (nSPS) is 13.8. The molecule has 1 aliphatic heterocycles. The Morgan fingerprint density at radius 3 is 2.33 bits per heavy atom. The molecular weight excluding hydrogens is 306 g/mol. The van der Waals surface area contributed by atoms with Crippen molar-refractivity contribution in [2.24, 2.45) is 0 Å². The van der Waals surface area contributed by atoms with Crippen molar-refractivity contribution in [3.63, 3.8) is 0 Å². The molecule has 6 nitrogen and oxygen atoms in total. The first-order valence-electron chi connectivity index (χ1n) is 7.75. The van der Waals surface area contributed by atoms with Crippen LogP contribution in [0.5, 0.6) is 0 Å². The van der Waals surface area contributed by atoms with Crippen LogP contribution in [-0.4, -0.2) is 53.2 Å². The van der Waals surface area contributed by atoms with Crippen LogP contribution >= 0.6 is 0 Å². The summed E-state index contributed by atoms with van der Waals surface area (Å²) in [5, 5.41) is 2.80. The Morgan fingerprint density at radius 2 is 1.79 bits per heavy atom. The number of nitrogens with zero attached hydrogens (tertiary/aromatic N) is 2. The molecule has 0 atom stereocenters. The quantitative estimate of drug-likeness (QED) is 0.910. The highest BCUT2D eigenvalue weighted by Crippen LogP contribution is 2.30. The van der Waals surface area contributed by atoms with Gasteiger partial charge in [-0.1, -0.05) is 24.8 Å². The molecule has 0 saturated carbocycles. The lowest BCUT2D eigenvalue weighted by molar-refractivity contribution is -0.135. The van der Waals surface area contributed by atoms with E-state index in [9.17, 15) is 14.4 Å². The van der Waals surface area contributed by atoms with Crippen molar-refractivity contribution in [1.29, 1.82) is 0 Å². The van der Waals surface area contributed by atoms with Crippen LogP contribution in [0.3, 0.4) is 0 Å². The molecule has 128 valence electrons. The van der Waals surface area contributed by atoms with E-state index in [2.05, 4.69) is 11.9 Å². The summed E-state index contributed by atoms with van der Waals surface area (Å²) in [6.45, 7) is 9.33. The average Bonchev–Trinajstić information content (AvgIpc) is 2.70. The Morgan fingerprint density at radius 1 is 1.21 bits per heavy atom. The summed E-state index contributed by atoms with van der Waals surface area (Å²) in [7, 11) is 1.54. The van der Waals surface area contributed by atoms with Crippen molar-refractivity contribution in [3.05, 3.63) is 42.0 Å². The Kier molecular flexibility index (Phi) is 4.78. The fourth-order valence-corrected chi connectivity index (χ4v) is 2.52. The second-order valence-corrected chi connectivity index (χ2v) is 6.93. The molecule has 0 saturated heterocycles. The average molecular weight is 329 g/mol. The highest BCUT2D eigenvalue weighted by molar-refractivity contribution is 6.10. The first kappa shape index (κ1) is 17.7. The number of amides is 3. The van der Waals surface area contributed by atoms with Crippen molar-refractivity contribution in [2.45, 2.75) is 26.3 Å². The molecule has 1 aliphatic rings. The van der Waals surface area contributed by atoms with Gasteiger partial charge in [0, 0.05) is 29.4 Å². The van der Waals surface area contributed by atoms with Gasteiger partial charge in [-0.3, -0.25) is 19.3 Å². The van der Waals surface area contributed by atoms with E-state index in [-0.39, 0.29) is 36.3 Å². The van der Waals surface area contributed by atoms with Gasteiger partial charge < -0.3 is 10.2 Å². The lowest BCUT2D eigenvalue weighted by atomic mass is 10.1. The zero-order valence-corrected chi connectivity index (χ0v) is 14.5. The topological polar surface area (TPSA) is 69.7 Å². The van der Waals surface area contributed by atoms with E-state index < -0.39 is 0 Å². The summed E-state index contributed by atoms with van der Waals surface area (Å²) in [5.74, 6) is -0.800. The lowest BCUT2D eigenvalue weighted by Gasteiger charge is -2.25. The summed E-state index contributed by atoms with van der Waals surface area (Å²) in [6.07, 6.45) is 0. The fourth-order valence-electron chi connectivity index (χ4n) is 2.52. The summed E-state index contributed by atoms with van der Waals surface area (Å²) >= 11 is 0.